The van der Waals surface area contributed by atoms with Crippen LogP contribution in [0.5, 0.6) is 0 Å². The Morgan fingerprint density at radius 2 is 2.05 bits per heavy atom. The van der Waals surface area contributed by atoms with Crippen molar-refractivity contribution in [3.63, 3.8) is 0 Å². The summed E-state index contributed by atoms with van der Waals surface area (Å²) < 4.78 is 2.39. The van der Waals surface area contributed by atoms with Crippen LogP contribution in [0.3, 0.4) is 0 Å². The predicted molar refractivity (Wildman–Crippen MR) is 78.3 cm³/mol. The second-order valence-electron chi connectivity index (χ2n) is 4.18. The molecule has 0 radical (unpaired) electrons. The standard InChI is InChI=1S/C13H13BrClN3O/c1-8-11(14)12(17-18(8)2)13(19)16-7-9-3-5-10(15)6-4-9/h3-6H,7H2,1-2H3,(H,16,19). The van der Waals surface area contributed by atoms with Crippen molar-refractivity contribution in [2.24, 2.45) is 7.05 Å². The monoisotopic (exact) mass is 341 g/mol. The minimum Gasteiger partial charge on any atom is -0.347 e. The fourth-order valence-corrected chi connectivity index (χ4v) is 2.24. The summed E-state index contributed by atoms with van der Waals surface area (Å²) in [4.78, 5) is 12.0. The molecule has 2 rings (SSSR count). The summed E-state index contributed by atoms with van der Waals surface area (Å²) in [5, 5.41) is 7.68. The molecule has 1 aromatic heterocycles. The van der Waals surface area contributed by atoms with E-state index in [1.54, 1.807) is 23.9 Å². The average Bonchev–Trinajstić information content (AvgIpc) is 2.65. The molecular formula is C13H13BrClN3O. The van der Waals surface area contributed by atoms with Crippen molar-refractivity contribution in [3.8, 4) is 0 Å². The van der Waals surface area contributed by atoms with Gasteiger partial charge >= 0.3 is 0 Å². The molecular weight excluding hydrogens is 330 g/mol. The SMILES string of the molecule is Cc1c(Br)c(C(=O)NCc2ccc(Cl)cc2)nn1C. The number of aryl methyl sites for hydroxylation is 1. The first-order chi connectivity index (χ1) is 8.99. The van der Waals surface area contributed by atoms with Gasteiger partial charge in [0.25, 0.3) is 5.91 Å². The molecule has 0 bridgehead atoms. The van der Waals surface area contributed by atoms with Crippen LogP contribution in [-0.2, 0) is 13.6 Å². The summed E-state index contributed by atoms with van der Waals surface area (Å²) in [6.45, 7) is 2.34. The minimum atomic E-state index is -0.203. The highest BCUT2D eigenvalue weighted by Gasteiger charge is 2.17. The minimum absolute atomic E-state index is 0.203. The first-order valence-corrected chi connectivity index (χ1v) is 6.88. The largest absolute Gasteiger partial charge is 0.347 e. The molecule has 0 aliphatic heterocycles. The predicted octanol–water partition coefficient (Wildman–Crippen LogP) is 3.07. The molecule has 0 aliphatic carbocycles. The van der Waals surface area contributed by atoms with Crippen LogP contribution in [0.2, 0.25) is 5.02 Å². The highest BCUT2D eigenvalue weighted by atomic mass is 79.9. The molecule has 0 aliphatic rings. The molecule has 0 saturated carbocycles. The first kappa shape index (κ1) is 14.1. The van der Waals surface area contributed by atoms with Crippen molar-refractivity contribution < 1.29 is 4.79 Å². The van der Waals surface area contributed by atoms with Crippen LogP contribution in [0.1, 0.15) is 21.7 Å². The lowest BCUT2D eigenvalue weighted by Crippen LogP contribution is -2.23. The molecule has 4 nitrogen and oxygen atoms in total. The number of benzene rings is 1. The molecule has 0 atom stereocenters. The van der Waals surface area contributed by atoms with Gasteiger partial charge in [-0.1, -0.05) is 23.7 Å². The van der Waals surface area contributed by atoms with E-state index >= 15 is 0 Å². The molecule has 0 saturated heterocycles. The number of amides is 1. The average molecular weight is 343 g/mol. The zero-order valence-corrected chi connectivity index (χ0v) is 12.9. The molecule has 1 amide bonds. The molecule has 1 heterocycles. The highest BCUT2D eigenvalue weighted by Crippen LogP contribution is 2.20. The van der Waals surface area contributed by atoms with Crippen LogP contribution < -0.4 is 5.32 Å². The van der Waals surface area contributed by atoms with Gasteiger partial charge in [0, 0.05) is 18.6 Å². The molecule has 0 unspecified atom stereocenters. The Kier molecular flexibility index (Phi) is 4.27. The smallest absolute Gasteiger partial charge is 0.273 e. The van der Waals surface area contributed by atoms with Crippen molar-refractivity contribution in [2.75, 3.05) is 0 Å². The number of nitrogens with one attached hydrogen (secondary N) is 1. The molecule has 0 spiro atoms. The third kappa shape index (κ3) is 3.16. The van der Waals surface area contributed by atoms with Crippen molar-refractivity contribution >= 4 is 33.4 Å². The van der Waals surface area contributed by atoms with Gasteiger partial charge in [0.05, 0.1) is 10.2 Å². The Hall–Kier alpha value is -1.33. The van der Waals surface area contributed by atoms with E-state index in [9.17, 15) is 4.79 Å². The molecule has 1 aromatic carbocycles. The van der Waals surface area contributed by atoms with E-state index in [-0.39, 0.29) is 5.91 Å². The molecule has 1 N–H and O–H groups in total. The van der Waals surface area contributed by atoms with E-state index in [4.69, 9.17) is 11.6 Å². The maximum absolute atomic E-state index is 12.0. The number of aromatic nitrogens is 2. The summed E-state index contributed by atoms with van der Waals surface area (Å²) in [6.07, 6.45) is 0. The van der Waals surface area contributed by atoms with E-state index < -0.39 is 0 Å². The number of carbonyl (C=O) groups excluding carboxylic acids is 1. The number of hydrogen-bond donors (Lipinski definition) is 1. The van der Waals surface area contributed by atoms with Crippen LogP contribution in [0.4, 0.5) is 0 Å². The summed E-state index contributed by atoms with van der Waals surface area (Å²) in [5.41, 5.74) is 2.30. The fraction of sp³-hybridized carbons (Fsp3) is 0.231. The van der Waals surface area contributed by atoms with Crippen LogP contribution in [0.15, 0.2) is 28.7 Å². The zero-order valence-electron chi connectivity index (χ0n) is 10.6. The normalized spacial score (nSPS) is 10.5. The lowest BCUT2D eigenvalue weighted by atomic mass is 10.2. The Balaban J connectivity index is 2.05. The molecule has 2 aromatic rings. The van der Waals surface area contributed by atoms with Crippen molar-refractivity contribution in [1.29, 1.82) is 0 Å². The van der Waals surface area contributed by atoms with Crippen LogP contribution in [0, 0.1) is 6.92 Å². The number of rotatable bonds is 3. The van der Waals surface area contributed by atoms with Gasteiger partial charge in [0.15, 0.2) is 5.69 Å². The maximum Gasteiger partial charge on any atom is 0.273 e. The third-order valence-corrected chi connectivity index (χ3v) is 4.04. The molecule has 0 fully saturated rings. The van der Waals surface area contributed by atoms with Gasteiger partial charge in [-0.05, 0) is 40.5 Å². The maximum atomic E-state index is 12.0. The van der Waals surface area contributed by atoms with Crippen molar-refractivity contribution in [3.05, 3.63) is 50.7 Å². The van der Waals surface area contributed by atoms with E-state index in [0.29, 0.717) is 17.3 Å². The lowest BCUT2D eigenvalue weighted by molar-refractivity contribution is 0.0944. The van der Waals surface area contributed by atoms with Gasteiger partial charge in [-0.15, -0.1) is 0 Å². The van der Waals surface area contributed by atoms with Gasteiger partial charge in [0.1, 0.15) is 0 Å². The fourth-order valence-electron chi connectivity index (χ4n) is 1.60. The summed E-state index contributed by atoms with van der Waals surface area (Å²) in [7, 11) is 1.80. The van der Waals surface area contributed by atoms with Crippen molar-refractivity contribution in [2.45, 2.75) is 13.5 Å². The van der Waals surface area contributed by atoms with Crippen LogP contribution in [-0.4, -0.2) is 15.7 Å². The quantitative estimate of drug-likeness (QED) is 0.932. The van der Waals surface area contributed by atoms with E-state index in [1.807, 2.05) is 19.1 Å². The van der Waals surface area contributed by atoms with Crippen LogP contribution in [0.25, 0.3) is 0 Å². The second-order valence-corrected chi connectivity index (χ2v) is 5.41. The summed E-state index contributed by atoms with van der Waals surface area (Å²) >= 11 is 9.18. The van der Waals surface area contributed by atoms with Crippen LogP contribution >= 0.6 is 27.5 Å². The molecule has 100 valence electrons. The van der Waals surface area contributed by atoms with Gasteiger partial charge in [-0.25, -0.2) is 0 Å². The topological polar surface area (TPSA) is 46.9 Å². The highest BCUT2D eigenvalue weighted by molar-refractivity contribution is 9.10. The Morgan fingerprint density at radius 1 is 1.42 bits per heavy atom. The first-order valence-electron chi connectivity index (χ1n) is 5.70. The molecule has 6 heteroatoms. The number of halogens is 2. The number of carbonyl (C=O) groups is 1. The second kappa shape index (κ2) is 5.75. The van der Waals surface area contributed by atoms with Gasteiger partial charge < -0.3 is 5.32 Å². The Morgan fingerprint density at radius 3 is 2.58 bits per heavy atom. The Bertz CT molecular complexity index is 607. The molecule has 19 heavy (non-hydrogen) atoms. The third-order valence-electron chi connectivity index (χ3n) is 2.84. The van der Waals surface area contributed by atoms with Gasteiger partial charge in [-0.2, -0.15) is 5.10 Å². The summed E-state index contributed by atoms with van der Waals surface area (Å²) in [5.74, 6) is -0.203. The van der Waals surface area contributed by atoms with Gasteiger partial charge in [-0.3, -0.25) is 9.48 Å². The lowest BCUT2D eigenvalue weighted by Gasteiger charge is -2.04. The van der Waals surface area contributed by atoms with Gasteiger partial charge in [0.2, 0.25) is 0 Å². The number of nitrogens with zero attached hydrogens (tertiary/aromatic N) is 2. The van der Waals surface area contributed by atoms with E-state index in [1.165, 1.54) is 0 Å². The summed E-state index contributed by atoms with van der Waals surface area (Å²) in [6, 6.07) is 7.34. The zero-order chi connectivity index (χ0) is 14.0. The Labute approximate surface area is 124 Å². The van der Waals surface area contributed by atoms with E-state index in [2.05, 4.69) is 26.3 Å². The van der Waals surface area contributed by atoms with E-state index in [0.717, 1.165) is 15.7 Å². The van der Waals surface area contributed by atoms with Crippen molar-refractivity contribution in [1.82, 2.24) is 15.1 Å². The number of hydrogen-bond acceptors (Lipinski definition) is 2.